The summed E-state index contributed by atoms with van der Waals surface area (Å²) in [7, 11) is -7.63. The Labute approximate surface area is 206 Å². The van der Waals surface area contributed by atoms with Crippen LogP contribution >= 0.6 is 0 Å². The molecule has 5 aromatic rings. The number of sulfone groups is 2. The maximum absolute atomic E-state index is 12.6. The van der Waals surface area contributed by atoms with Gasteiger partial charge in [0, 0.05) is 11.1 Å². The van der Waals surface area contributed by atoms with Gasteiger partial charge in [-0.05, 0) is 35.4 Å². The molecule has 0 fully saturated rings. The molecule has 0 aliphatic heterocycles. The van der Waals surface area contributed by atoms with Crippen molar-refractivity contribution in [3.05, 3.63) is 96.1 Å². The number of benzene rings is 3. The summed E-state index contributed by atoms with van der Waals surface area (Å²) < 4.78 is 61.3. The molecule has 5 rings (SSSR count). The van der Waals surface area contributed by atoms with Crippen molar-refractivity contribution in [2.75, 3.05) is 0 Å². The van der Waals surface area contributed by atoms with Crippen LogP contribution in [0.1, 0.15) is 11.1 Å². The van der Waals surface area contributed by atoms with Crippen LogP contribution in [0.25, 0.3) is 22.9 Å². The van der Waals surface area contributed by atoms with Crippen molar-refractivity contribution in [1.29, 1.82) is 0 Å². The zero-order valence-electron chi connectivity index (χ0n) is 18.6. The summed E-state index contributed by atoms with van der Waals surface area (Å²) in [5.41, 5.74) is 2.13. The fourth-order valence-corrected chi connectivity index (χ4v) is 5.62. The van der Waals surface area contributed by atoms with Crippen molar-refractivity contribution in [1.82, 2.24) is 20.4 Å². The fraction of sp³-hybridized carbons (Fsp3) is 0.0833. The van der Waals surface area contributed by atoms with E-state index in [0.29, 0.717) is 22.3 Å². The quantitative estimate of drug-likeness (QED) is 0.295. The zero-order chi connectivity index (χ0) is 25.2. The van der Waals surface area contributed by atoms with E-state index >= 15 is 0 Å². The van der Waals surface area contributed by atoms with Crippen molar-refractivity contribution in [2.45, 2.75) is 22.0 Å². The molecular weight excluding hydrogens is 504 g/mol. The van der Waals surface area contributed by atoms with E-state index in [4.69, 9.17) is 8.83 Å². The topological polar surface area (TPSA) is 146 Å². The van der Waals surface area contributed by atoms with Gasteiger partial charge in [0.05, 0.1) is 11.5 Å². The van der Waals surface area contributed by atoms with Crippen LogP contribution in [-0.2, 0) is 31.2 Å². The van der Waals surface area contributed by atoms with E-state index in [-0.39, 0.29) is 23.3 Å². The lowest BCUT2D eigenvalue weighted by molar-refractivity contribution is 0.439. The van der Waals surface area contributed by atoms with Gasteiger partial charge >= 0.3 is 10.4 Å². The van der Waals surface area contributed by atoms with Crippen molar-refractivity contribution >= 4 is 19.7 Å². The molecule has 3 aromatic carbocycles. The molecule has 0 aliphatic rings. The second-order valence-electron chi connectivity index (χ2n) is 7.81. The first-order valence-electron chi connectivity index (χ1n) is 10.6. The highest BCUT2D eigenvalue weighted by atomic mass is 32.2. The van der Waals surface area contributed by atoms with Gasteiger partial charge in [-0.1, -0.05) is 70.9 Å². The van der Waals surface area contributed by atoms with Crippen LogP contribution < -0.4 is 0 Å². The maximum atomic E-state index is 12.6. The Balaban J connectivity index is 1.32. The second-order valence-corrected chi connectivity index (χ2v) is 11.5. The SMILES string of the molecule is O=S(=O)(Cc1ccccc1)c1nnc(-c2ccc(-c3nnc(S(=O)(=O)Cc4ccccc4)o3)cc2)o1. The van der Waals surface area contributed by atoms with E-state index in [0.717, 1.165) is 0 Å². The van der Waals surface area contributed by atoms with E-state index in [1.54, 1.807) is 84.9 Å². The Kier molecular flexibility index (Phi) is 6.20. The first-order chi connectivity index (χ1) is 17.3. The molecule has 0 spiro atoms. The van der Waals surface area contributed by atoms with Crippen molar-refractivity contribution < 1.29 is 25.7 Å². The molecule has 182 valence electrons. The Hall–Kier alpha value is -4.16. The Morgan fingerprint density at radius 1 is 0.500 bits per heavy atom. The number of nitrogens with zero attached hydrogens (tertiary/aromatic N) is 4. The molecule has 0 unspecified atom stereocenters. The van der Waals surface area contributed by atoms with E-state index in [2.05, 4.69) is 20.4 Å². The van der Waals surface area contributed by atoms with E-state index < -0.39 is 30.1 Å². The lowest BCUT2D eigenvalue weighted by atomic mass is 10.1. The Morgan fingerprint density at radius 2 is 0.861 bits per heavy atom. The van der Waals surface area contributed by atoms with Gasteiger partial charge in [-0.3, -0.25) is 0 Å². The molecule has 0 amide bonds. The summed E-state index contributed by atoms with van der Waals surface area (Å²) in [6.07, 6.45) is 0. The third kappa shape index (κ3) is 5.09. The van der Waals surface area contributed by atoms with Gasteiger partial charge in [0.1, 0.15) is 0 Å². The fourth-order valence-electron chi connectivity index (χ4n) is 3.37. The monoisotopic (exact) mass is 522 g/mol. The van der Waals surface area contributed by atoms with Crippen molar-refractivity contribution in [2.24, 2.45) is 0 Å². The molecule has 0 bridgehead atoms. The summed E-state index contributed by atoms with van der Waals surface area (Å²) in [5, 5.41) is 14.1. The van der Waals surface area contributed by atoms with E-state index in [1.165, 1.54) is 0 Å². The van der Waals surface area contributed by atoms with Crippen LogP contribution in [0, 0.1) is 0 Å². The third-order valence-corrected chi connectivity index (χ3v) is 7.94. The summed E-state index contributed by atoms with van der Waals surface area (Å²) in [6, 6.07) is 23.8. The third-order valence-electron chi connectivity index (χ3n) is 5.12. The molecule has 0 aliphatic carbocycles. The standard InChI is InChI=1S/C24H18N4O6S2/c29-35(30,15-17-7-3-1-4-8-17)23-27-25-21(33-23)19-11-13-20(14-12-19)22-26-28-24(34-22)36(31,32)16-18-9-5-2-6-10-18/h1-14H,15-16H2. The maximum Gasteiger partial charge on any atom is 0.336 e. The predicted molar refractivity (Wildman–Crippen MR) is 128 cm³/mol. The van der Waals surface area contributed by atoms with Gasteiger partial charge in [-0.25, -0.2) is 16.8 Å². The smallest absolute Gasteiger partial charge is 0.336 e. The normalized spacial score (nSPS) is 12.0. The molecule has 2 aromatic heterocycles. The first kappa shape index (κ1) is 23.6. The molecule has 0 saturated carbocycles. The highest BCUT2D eigenvalue weighted by molar-refractivity contribution is 7.90. The molecule has 0 saturated heterocycles. The van der Waals surface area contributed by atoms with E-state index in [9.17, 15) is 16.8 Å². The van der Waals surface area contributed by atoms with Gasteiger partial charge in [0.15, 0.2) is 0 Å². The van der Waals surface area contributed by atoms with Gasteiger partial charge in [0.25, 0.3) is 0 Å². The van der Waals surface area contributed by atoms with Crippen LogP contribution in [0.5, 0.6) is 0 Å². The summed E-state index contributed by atoms with van der Waals surface area (Å²) in [5.74, 6) is -0.489. The molecule has 36 heavy (non-hydrogen) atoms. The van der Waals surface area contributed by atoms with Gasteiger partial charge in [0.2, 0.25) is 31.5 Å². The van der Waals surface area contributed by atoms with Crippen LogP contribution in [-0.4, -0.2) is 37.2 Å². The zero-order valence-corrected chi connectivity index (χ0v) is 20.2. The average Bonchev–Trinajstić information content (AvgIpc) is 3.57. The van der Waals surface area contributed by atoms with Crippen molar-refractivity contribution in [3.63, 3.8) is 0 Å². The Morgan fingerprint density at radius 3 is 1.22 bits per heavy atom. The minimum Gasteiger partial charge on any atom is -0.408 e. The van der Waals surface area contributed by atoms with Crippen LogP contribution in [0.2, 0.25) is 0 Å². The number of rotatable bonds is 8. The number of hydrogen-bond acceptors (Lipinski definition) is 10. The highest BCUT2D eigenvalue weighted by Crippen LogP contribution is 2.26. The first-order valence-corrected chi connectivity index (χ1v) is 13.9. The molecule has 2 heterocycles. The molecular formula is C24H18N4O6S2. The van der Waals surface area contributed by atoms with Crippen molar-refractivity contribution in [3.8, 4) is 22.9 Å². The van der Waals surface area contributed by atoms with Crippen LogP contribution in [0.3, 0.4) is 0 Å². The molecule has 10 nitrogen and oxygen atoms in total. The predicted octanol–water partition coefficient (Wildman–Crippen LogP) is 3.73. The van der Waals surface area contributed by atoms with Crippen LogP contribution in [0.15, 0.2) is 104 Å². The summed E-state index contributed by atoms with van der Waals surface area (Å²) >= 11 is 0. The lowest BCUT2D eigenvalue weighted by Crippen LogP contribution is -2.05. The lowest BCUT2D eigenvalue weighted by Gasteiger charge is -2.00. The van der Waals surface area contributed by atoms with Crippen LogP contribution in [0.4, 0.5) is 0 Å². The molecule has 12 heteroatoms. The minimum atomic E-state index is -3.82. The molecule has 0 atom stereocenters. The average molecular weight is 523 g/mol. The number of hydrogen-bond donors (Lipinski definition) is 0. The molecule has 0 radical (unpaired) electrons. The van der Waals surface area contributed by atoms with E-state index in [1.807, 2.05) is 0 Å². The highest BCUT2D eigenvalue weighted by Gasteiger charge is 2.25. The van der Waals surface area contributed by atoms with Gasteiger partial charge < -0.3 is 8.83 Å². The van der Waals surface area contributed by atoms with Gasteiger partial charge in [-0.2, -0.15) is 0 Å². The van der Waals surface area contributed by atoms with Gasteiger partial charge in [-0.15, -0.1) is 10.2 Å². The Bertz CT molecular complexity index is 1570. The largest absolute Gasteiger partial charge is 0.408 e. The second kappa shape index (κ2) is 9.47. The minimum absolute atomic E-state index is 0.0184. The molecule has 0 N–H and O–H groups in total. The number of aromatic nitrogens is 4. The summed E-state index contributed by atoms with van der Waals surface area (Å²) in [4.78, 5) is 0. The summed E-state index contributed by atoms with van der Waals surface area (Å²) in [6.45, 7) is 0.